The molecule has 0 radical (unpaired) electrons. The Labute approximate surface area is 179 Å². The van der Waals surface area contributed by atoms with Crippen LogP contribution in [0.2, 0.25) is 5.02 Å². The van der Waals surface area contributed by atoms with Crippen LogP contribution in [0.5, 0.6) is 5.75 Å². The SMILES string of the molecule is COc1ccc(Cl)c2sc(N(Cc3cccnc3)C(=O)c3ccc(F)c(F)c3)nc12. The average molecular weight is 446 g/mol. The lowest BCUT2D eigenvalue weighted by Crippen LogP contribution is -2.30. The fourth-order valence-corrected chi connectivity index (χ4v) is 4.16. The Kier molecular flexibility index (Phi) is 5.61. The molecule has 0 aliphatic rings. The Balaban J connectivity index is 1.83. The quantitative estimate of drug-likeness (QED) is 0.408. The van der Waals surface area contributed by atoms with Crippen molar-refractivity contribution in [1.29, 1.82) is 0 Å². The monoisotopic (exact) mass is 445 g/mol. The summed E-state index contributed by atoms with van der Waals surface area (Å²) in [4.78, 5) is 23.2. The minimum atomic E-state index is -1.10. The van der Waals surface area contributed by atoms with Crippen LogP contribution in [0.15, 0.2) is 54.9 Å². The van der Waals surface area contributed by atoms with Crippen molar-refractivity contribution in [2.75, 3.05) is 12.0 Å². The van der Waals surface area contributed by atoms with Crippen LogP contribution >= 0.6 is 22.9 Å². The van der Waals surface area contributed by atoms with Crippen LogP contribution in [-0.2, 0) is 6.54 Å². The number of benzene rings is 2. The van der Waals surface area contributed by atoms with Gasteiger partial charge in [-0.3, -0.25) is 14.7 Å². The summed E-state index contributed by atoms with van der Waals surface area (Å²) in [7, 11) is 1.52. The maximum atomic E-state index is 13.7. The number of hydrogen-bond acceptors (Lipinski definition) is 5. The van der Waals surface area contributed by atoms with Gasteiger partial charge in [0.05, 0.1) is 23.4 Å². The van der Waals surface area contributed by atoms with E-state index in [1.54, 1.807) is 36.7 Å². The first-order valence-electron chi connectivity index (χ1n) is 8.77. The highest BCUT2D eigenvalue weighted by Gasteiger charge is 2.24. The van der Waals surface area contributed by atoms with Crippen LogP contribution in [0.4, 0.5) is 13.9 Å². The van der Waals surface area contributed by atoms with Crippen LogP contribution in [0, 0.1) is 11.6 Å². The third kappa shape index (κ3) is 3.83. The lowest BCUT2D eigenvalue weighted by atomic mass is 10.1. The number of methoxy groups -OCH3 is 1. The molecule has 5 nitrogen and oxygen atoms in total. The smallest absolute Gasteiger partial charge is 0.260 e. The van der Waals surface area contributed by atoms with E-state index in [1.807, 2.05) is 0 Å². The summed E-state index contributed by atoms with van der Waals surface area (Å²) in [5.41, 5.74) is 1.25. The second kappa shape index (κ2) is 8.33. The molecule has 0 N–H and O–H groups in total. The predicted molar refractivity (Wildman–Crippen MR) is 112 cm³/mol. The molecule has 0 saturated carbocycles. The van der Waals surface area contributed by atoms with Crippen LogP contribution < -0.4 is 9.64 Å². The first kappa shape index (κ1) is 20.2. The van der Waals surface area contributed by atoms with Crippen molar-refractivity contribution in [3.05, 3.63) is 82.6 Å². The molecule has 0 aliphatic carbocycles. The zero-order valence-electron chi connectivity index (χ0n) is 15.6. The number of nitrogens with zero attached hydrogens (tertiary/aromatic N) is 3. The maximum Gasteiger partial charge on any atom is 0.260 e. The van der Waals surface area contributed by atoms with Gasteiger partial charge in [-0.05, 0) is 42.0 Å². The molecule has 9 heteroatoms. The van der Waals surface area contributed by atoms with E-state index in [-0.39, 0.29) is 12.1 Å². The molecule has 2 aromatic heterocycles. The first-order chi connectivity index (χ1) is 14.5. The van der Waals surface area contributed by atoms with E-state index in [2.05, 4.69) is 9.97 Å². The van der Waals surface area contributed by atoms with Gasteiger partial charge in [0.2, 0.25) is 0 Å². The summed E-state index contributed by atoms with van der Waals surface area (Å²) in [6.45, 7) is 0.130. The Morgan fingerprint density at radius 2 is 2.03 bits per heavy atom. The maximum absolute atomic E-state index is 13.7. The zero-order chi connectivity index (χ0) is 21.3. The number of rotatable bonds is 5. The number of halogens is 3. The number of fused-ring (bicyclic) bond motifs is 1. The van der Waals surface area contributed by atoms with E-state index in [9.17, 15) is 13.6 Å². The molecular formula is C21H14ClF2N3O2S. The molecule has 0 aliphatic heterocycles. The van der Waals surface area contributed by atoms with Gasteiger partial charge in [0.1, 0.15) is 11.3 Å². The van der Waals surface area contributed by atoms with E-state index in [0.29, 0.717) is 26.1 Å². The van der Waals surface area contributed by atoms with Gasteiger partial charge in [-0.15, -0.1) is 0 Å². The van der Waals surface area contributed by atoms with Crippen molar-refractivity contribution in [1.82, 2.24) is 9.97 Å². The number of carbonyl (C=O) groups excluding carboxylic acids is 1. The van der Waals surface area contributed by atoms with Gasteiger partial charge in [-0.1, -0.05) is 29.0 Å². The largest absolute Gasteiger partial charge is 0.494 e. The number of amides is 1. The molecular weight excluding hydrogens is 432 g/mol. The number of ether oxygens (including phenoxy) is 1. The Morgan fingerprint density at radius 3 is 2.73 bits per heavy atom. The van der Waals surface area contributed by atoms with Crippen LogP contribution in [0.25, 0.3) is 10.2 Å². The van der Waals surface area contributed by atoms with Crippen molar-refractivity contribution in [3.8, 4) is 5.75 Å². The standard InChI is InChI=1S/C21H14ClF2N3O2S/c1-29-17-7-5-14(22)19-18(17)26-21(30-19)27(11-12-3-2-8-25-10-12)20(28)13-4-6-15(23)16(24)9-13/h2-10H,11H2,1H3. The van der Waals surface area contributed by atoms with Crippen molar-refractivity contribution in [2.45, 2.75) is 6.54 Å². The molecule has 1 amide bonds. The van der Waals surface area contributed by atoms with Gasteiger partial charge in [-0.25, -0.2) is 13.8 Å². The predicted octanol–water partition coefficient (Wildman–Crippen LogP) is 5.48. The summed E-state index contributed by atoms with van der Waals surface area (Å²) >= 11 is 7.51. The molecule has 4 aromatic rings. The summed E-state index contributed by atoms with van der Waals surface area (Å²) in [5.74, 6) is -2.15. The molecule has 2 aromatic carbocycles. The van der Waals surface area contributed by atoms with Crippen molar-refractivity contribution in [2.24, 2.45) is 0 Å². The lowest BCUT2D eigenvalue weighted by Gasteiger charge is -2.20. The van der Waals surface area contributed by atoms with Gasteiger partial charge in [0.15, 0.2) is 16.8 Å². The molecule has 0 saturated heterocycles. The molecule has 30 heavy (non-hydrogen) atoms. The molecule has 0 spiro atoms. The molecule has 2 heterocycles. The highest BCUT2D eigenvalue weighted by molar-refractivity contribution is 7.23. The number of pyridine rings is 1. The van der Waals surface area contributed by atoms with Crippen molar-refractivity contribution < 1.29 is 18.3 Å². The number of anilines is 1. The van der Waals surface area contributed by atoms with E-state index >= 15 is 0 Å². The topological polar surface area (TPSA) is 55.3 Å². The summed E-state index contributed by atoms with van der Waals surface area (Å²) < 4.78 is 33.1. The lowest BCUT2D eigenvalue weighted by molar-refractivity contribution is 0.0984. The van der Waals surface area contributed by atoms with Gasteiger partial charge in [-0.2, -0.15) is 0 Å². The summed E-state index contributed by atoms with van der Waals surface area (Å²) in [5, 5.41) is 0.811. The highest BCUT2D eigenvalue weighted by Crippen LogP contribution is 2.39. The van der Waals surface area contributed by atoms with Gasteiger partial charge < -0.3 is 4.74 Å². The Bertz CT molecular complexity index is 1230. The Morgan fingerprint density at radius 1 is 1.20 bits per heavy atom. The van der Waals surface area contributed by atoms with Gasteiger partial charge >= 0.3 is 0 Å². The zero-order valence-corrected chi connectivity index (χ0v) is 17.2. The minimum absolute atomic E-state index is 0.00453. The number of aromatic nitrogens is 2. The van der Waals surface area contributed by atoms with E-state index < -0.39 is 17.5 Å². The average Bonchev–Trinajstić information content (AvgIpc) is 3.21. The summed E-state index contributed by atoms with van der Waals surface area (Å²) in [6.07, 6.45) is 3.24. The second-order valence-corrected chi connectivity index (χ2v) is 7.69. The third-order valence-electron chi connectivity index (χ3n) is 4.37. The van der Waals surface area contributed by atoms with Gasteiger partial charge in [0, 0.05) is 18.0 Å². The molecule has 0 bridgehead atoms. The van der Waals surface area contributed by atoms with Crippen LogP contribution in [0.1, 0.15) is 15.9 Å². The van der Waals surface area contributed by atoms with E-state index in [4.69, 9.17) is 16.3 Å². The van der Waals surface area contributed by atoms with Crippen LogP contribution in [-0.4, -0.2) is 23.0 Å². The molecule has 4 rings (SSSR count). The molecule has 0 fully saturated rings. The minimum Gasteiger partial charge on any atom is -0.494 e. The Hall–Kier alpha value is -3.10. The number of carbonyl (C=O) groups is 1. The molecule has 0 unspecified atom stereocenters. The second-order valence-electron chi connectivity index (χ2n) is 6.31. The fourth-order valence-electron chi connectivity index (χ4n) is 2.91. The number of thiazole rings is 1. The third-order valence-corrected chi connectivity index (χ3v) is 5.91. The van der Waals surface area contributed by atoms with Crippen molar-refractivity contribution >= 4 is 44.2 Å². The molecule has 0 atom stereocenters. The number of hydrogen-bond donors (Lipinski definition) is 0. The van der Waals surface area contributed by atoms with Gasteiger partial charge in [0.25, 0.3) is 5.91 Å². The highest BCUT2D eigenvalue weighted by atomic mass is 35.5. The first-order valence-corrected chi connectivity index (χ1v) is 9.96. The normalized spacial score (nSPS) is 10.9. The van der Waals surface area contributed by atoms with Crippen molar-refractivity contribution in [3.63, 3.8) is 0 Å². The molecule has 152 valence electrons. The van der Waals surface area contributed by atoms with E-state index in [0.717, 1.165) is 17.7 Å². The van der Waals surface area contributed by atoms with Crippen LogP contribution in [0.3, 0.4) is 0 Å². The van der Waals surface area contributed by atoms with E-state index in [1.165, 1.54) is 29.4 Å². The fraction of sp³-hybridized carbons (Fsp3) is 0.0952. The summed E-state index contributed by atoms with van der Waals surface area (Å²) in [6, 6.07) is 9.95.